The van der Waals surface area contributed by atoms with E-state index >= 15 is 0 Å². The van der Waals surface area contributed by atoms with Crippen molar-refractivity contribution in [3.8, 4) is 11.3 Å². The van der Waals surface area contributed by atoms with E-state index in [0.29, 0.717) is 17.2 Å². The number of anilines is 2. The molecule has 0 aliphatic carbocycles. The molecule has 0 saturated carbocycles. The van der Waals surface area contributed by atoms with Crippen molar-refractivity contribution < 1.29 is 4.79 Å². The van der Waals surface area contributed by atoms with E-state index in [0.717, 1.165) is 42.9 Å². The average molecular weight is 386 g/mol. The van der Waals surface area contributed by atoms with E-state index in [-0.39, 0.29) is 5.91 Å². The van der Waals surface area contributed by atoms with Crippen LogP contribution in [0.25, 0.3) is 17.3 Å². The minimum atomic E-state index is 0.0189. The normalized spacial score (nSPS) is 13.7. The number of imidazole rings is 1. The number of likely N-dealkylation sites (tertiary alicyclic amines) is 1. The number of rotatable bonds is 6. The molecule has 0 bridgehead atoms. The Labute approximate surface area is 169 Å². The van der Waals surface area contributed by atoms with E-state index in [4.69, 9.17) is 5.41 Å². The van der Waals surface area contributed by atoms with Crippen LogP contribution in [0.1, 0.15) is 29.0 Å². The predicted octanol–water partition coefficient (Wildman–Crippen LogP) is 4.11. The standard InChI is InChI=1S/C22H22N6O/c23-10-4-9-20-25-15-19(27-20)16-6-3-7-17(14-16)26-21-18(8-5-11-24-21)22(29)28-12-1-2-13-28/h3-11,14-15,23H,1-2,12-13H2,(H,24,26)(H,25,27)/b9-4-,23-10?. The van der Waals surface area contributed by atoms with E-state index in [9.17, 15) is 4.79 Å². The van der Waals surface area contributed by atoms with Crippen LogP contribution in [0.15, 0.2) is 54.9 Å². The van der Waals surface area contributed by atoms with Gasteiger partial charge in [-0.05, 0) is 49.3 Å². The summed E-state index contributed by atoms with van der Waals surface area (Å²) in [5, 5.41) is 10.4. The van der Waals surface area contributed by atoms with E-state index in [1.54, 1.807) is 30.6 Å². The number of amides is 1. The highest BCUT2D eigenvalue weighted by Crippen LogP contribution is 2.25. The van der Waals surface area contributed by atoms with Crippen LogP contribution in [0.2, 0.25) is 0 Å². The third kappa shape index (κ3) is 4.24. The number of pyridine rings is 1. The molecule has 0 unspecified atom stereocenters. The summed E-state index contributed by atoms with van der Waals surface area (Å²) in [6.07, 6.45) is 10.1. The van der Waals surface area contributed by atoms with Gasteiger partial charge in [-0.2, -0.15) is 0 Å². The van der Waals surface area contributed by atoms with Gasteiger partial charge in [0.2, 0.25) is 0 Å². The Kier molecular flexibility index (Phi) is 5.47. The van der Waals surface area contributed by atoms with Crippen molar-refractivity contribution in [3.05, 3.63) is 66.3 Å². The van der Waals surface area contributed by atoms with E-state index in [1.807, 2.05) is 35.2 Å². The molecule has 1 saturated heterocycles. The van der Waals surface area contributed by atoms with Gasteiger partial charge in [-0.1, -0.05) is 12.1 Å². The monoisotopic (exact) mass is 386 g/mol. The molecule has 3 heterocycles. The van der Waals surface area contributed by atoms with Crippen molar-refractivity contribution in [2.24, 2.45) is 0 Å². The predicted molar refractivity (Wildman–Crippen MR) is 114 cm³/mol. The molecule has 29 heavy (non-hydrogen) atoms. The first-order valence-corrected chi connectivity index (χ1v) is 9.58. The fraction of sp³-hybridized carbons (Fsp3) is 0.182. The van der Waals surface area contributed by atoms with Gasteiger partial charge < -0.3 is 20.6 Å². The Bertz CT molecular complexity index is 1050. The van der Waals surface area contributed by atoms with Crippen LogP contribution in [0.3, 0.4) is 0 Å². The first-order valence-electron chi connectivity index (χ1n) is 9.58. The first-order chi connectivity index (χ1) is 14.2. The molecule has 3 aromatic rings. The maximum Gasteiger partial charge on any atom is 0.257 e. The number of aromatic nitrogens is 3. The maximum absolute atomic E-state index is 12.8. The van der Waals surface area contributed by atoms with Crippen LogP contribution in [-0.4, -0.2) is 45.1 Å². The summed E-state index contributed by atoms with van der Waals surface area (Å²) in [4.78, 5) is 26.6. The molecule has 146 valence electrons. The van der Waals surface area contributed by atoms with Gasteiger partial charge in [-0.3, -0.25) is 4.79 Å². The molecular formula is C22H22N6O. The minimum absolute atomic E-state index is 0.0189. The van der Waals surface area contributed by atoms with Crippen molar-refractivity contribution in [2.45, 2.75) is 12.8 Å². The van der Waals surface area contributed by atoms with Gasteiger partial charge >= 0.3 is 0 Å². The Morgan fingerprint density at radius 2 is 2.03 bits per heavy atom. The van der Waals surface area contributed by atoms with Gasteiger partial charge in [0.1, 0.15) is 11.6 Å². The maximum atomic E-state index is 12.8. The molecule has 0 spiro atoms. The SMILES string of the molecule is N=C/C=C\c1ncc(-c2cccc(Nc3ncccc3C(=O)N3CCCC3)c2)[nH]1. The summed E-state index contributed by atoms with van der Waals surface area (Å²) in [6, 6.07) is 11.5. The summed E-state index contributed by atoms with van der Waals surface area (Å²) in [7, 11) is 0. The molecular weight excluding hydrogens is 364 g/mol. The van der Waals surface area contributed by atoms with Gasteiger partial charge in [-0.25, -0.2) is 9.97 Å². The second kappa shape index (κ2) is 8.52. The highest BCUT2D eigenvalue weighted by atomic mass is 16.2. The van der Waals surface area contributed by atoms with Crippen LogP contribution in [0.4, 0.5) is 11.5 Å². The van der Waals surface area contributed by atoms with Gasteiger partial charge in [0.15, 0.2) is 0 Å². The number of benzene rings is 1. The molecule has 0 atom stereocenters. The number of aromatic amines is 1. The van der Waals surface area contributed by atoms with Crippen LogP contribution in [0.5, 0.6) is 0 Å². The fourth-order valence-corrected chi connectivity index (χ4v) is 3.38. The largest absolute Gasteiger partial charge is 0.340 e. The minimum Gasteiger partial charge on any atom is -0.340 e. The summed E-state index contributed by atoms with van der Waals surface area (Å²) >= 11 is 0. The highest BCUT2D eigenvalue weighted by Gasteiger charge is 2.22. The molecule has 2 aromatic heterocycles. The summed E-state index contributed by atoms with van der Waals surface area (Å²) in [5.41, 5.74) is 3.25. The van der Waals surface area contributed by atoms with E-state index in [1.165, 1.54) is 6.21 Å². The van der Waals surface area contributed by atoms with Crippen molar-refractivity contribution in [1.82, 2.24) is 19.9 Å². The third-order valence-electron chi connectivity index (χ3n) is 4.81. The van der Waals surface area contributed by atoms with Crippen molar-refractivity contribution in [2.75, 3.05) is 18.4 Å². The number of hydrogen-bond donors (Lipinski definition) is 3. The van der Waals surface area contributed by atoms with E-state index < -0.39 is 0 Å². The third-order valence-corrected chi connectivity index (χ3v) is 4.81. The summed E-state index contributed by atoms with van der Waals surface area (Å²) < 4.78 is 0. The average Bonchev–Trinajstić information content (AvgIpc) is 3.45. The molecule has 1 fully saturated rings. The number of H-pyrrole nitrogens is 1. The number of allylic oxidation sites excluding steroid dienone is 1. The Morgan fingerprint density at radius 1 is 1.17 bits per heavy atom. The lowest BCUT2D eigenvalue weighted by atomic mass is 10.1. The molecule has 1 amide bonds. The number of carbonyl (C=O) groups excluding carboxylic acids is 1. The van der Waals surface area contributed by atoms with E-state index in [2.05, 4.69) is 20.3 Å². The number of nitrogens with zero attached hydrogens (tertiary/aromatic N) is 3. The highest BCUT2D eigenvalue weighted by molar-refractivity contribution is 5.99. The molecule has 0 radical (unpaired) electrons. The van der Waals surface area contributed by atoms with Crippen LogP contribution < -0.4 is 5.32 Å². The molecule has 3 N–H and O–H groups in total. The van der Waals surface area contributed by atoms with Gasteiger partial charge in [0, 0.05) is 36.8 Å². The second-order valence-corrected chi connectivity index (χ2v) is 6.81. The molecule has 4 rings (SSSR count). The molecule has 1 aliphatic rings. The quantitative estimate of drug-likeness (QED) is 0.555. The van der Waals surface area contributed by atoms with Gasteiger partial charge in [-0.15, -0.1) is 0 Å². The van der Waals surface area contributed by atoms with Crippen molar-refractivity contribution in [1.29, 1.82) is 5.41 Å². The van der Waals surface area contributed by atoms with Crippen molar-refractivity contribution >= 4 is 29.7 Å². The van der Waals surface area contributed by atoms with Crippen LogP contribution >= 0.6 is 0 Å². The Morgan fingerprint density at radius 3 is 2.86 bits per heavy atom. The van der Waals surface area contributed by atoms with Crippen LogP contribution in [-0.2, 0) is 0 Å². The topological polar surface area (TPSA) is 97.8 Å². The zero-order valence-corrected chi connectivity index (χ0v) is 15.9. The molecule has 1 aromatic carbocycles. The van der Waals surface area contributed by atoms with Gasteiger partial charge in [0.25, 0.3) is 5.91 Å². The number of nitrogens with one attached hydrogen (secondary N) is 3. The fourth-order valence-electron chi connectivity index (χ4n) is 3.38. The summed E-state index contributed by atoms with van der Waals surface area (Å²) in [6.45, 7) is 1.61. The lowest BCUT2D eigenvalue weighted by Crippen LogP contribution is -2.28. The smallest absolute Gasteiger partial charge is 0.257 e. The second-order valence-electron chi connectivity index (χ2n) is 6.81. The number of carbonyl (C=O) groups is 1. The zero-order chi connectivity index (χ0) is 20.1. The zero-order valence-electron chi connectivity index (χ0n) is 15.9. The Balaban J connectivity index is 1.57. The lowest BCUT2D eigenvalue weighted by molar-refractivity contribution is 0.0793. The van der Waals surface area contributed by atoms with Crippen molar-refractivity contribution in [3.63, 3.8) is 0 Å². The molecule has 1 aliphatic heterocycles. The lowest BCUT2D eigenvalue weighted by Gasteiger charge is -2.17. The van der Waals surface area contributed by atoms with Crippen LogP contribution in [0, 0.1) is 5.41 Å². The molecule has 7 nitrogen and oxygen atoms in total. The first kappa shape index (κ1) is 18.6. The summed E-state index contributed by atoms with van der Waals surface area (Å²) in [5.74, 6) is 1.26. The number of hydrogen-bond acceptors (Lipinski definition) is 5. The van der Waals surface area contributed by atoms with Gasteiger partial charge in [0.05, 0.1) is 17.5 Å². The molecule has 7 heteroatoms. The Hall–Kier alpha value is -3.74.